The summed E-state index contributed by atoms with van der Waals surface area (Å²) in [6.45, 7) is 13.5. The molecule has 2 atom stereocenters. The van der Waals surface area contributed by atoms with E-state index in [1.165, 1.54) is 12.1 Å². The van der Waals surface area contributed by atoms with Gasteiger partial charge in [-0.1, -0.05) is 43.5 Å². The van der Waals surface area contributed by atoms with Crippen LogP contribution in [0.1, 0.15) is 24.0 Å². The molecule has 1 aromatic rings. The molecular weight excluding hydrogens is 263 g/mol. The van der Waals surface area contributed by atoms with Crippen LogP contribution in [0.4, 0.5) is 13.2 Å². The predicted molar refractivity (Wildman–Crippen MR) is 73.9 cm³/mol. The molecule has 1 saturated heterocycles. The minimum absolute atomic E-state index is 0.133. The van der Waals surface area contributed by atoms with Crippen LogP contribution in [-0.2, 0) is 6.18 Å². The molecule has 2 rings (SSSR count). The minimum Gasteiger partial charge on any atom is -0.362 e. The molecule has 1 fully saturated rings. The van der Waals surface area contributed by atoms with Crippen LogP contribution in [0.3, 0.4) is 0 Å². The molecule has 1 N–H and O–H groups in total. The van der Waals surface area contributed by atoms with Crippen molar-refractivity contribution in [3.05, 3.63) is 72.1 Å². The standard InChI is InChI=1S/C16H16F3N/c1-9(2)14-10(3)20-11(4)15(14)12-6-5-7-13(8-12)16(17,18)19/h5-8,14-15,20H,1,3-4H2,2H3/t14-,15?/m1/s1. The number of rotatable bonds is 2. The van der Waals surface area contributed by atoms with Crippen LogP contribution in [0.2, 0.25) is 0 Å². The van der Waals surface area contributed by atoms with Gasteiger partial charge in [-0.3, -0.25) is 0 Å². The normalized spacial score (nSPS) is 22.8. The number of hydrogen-bond donors (Lipinski definition) is 1. The smallest absolute Gasteiger partial charge is 0.362 e. The Kier molecular flexibility index (Phi) is 3.50. The SMILES string of the molecule is C=C1NC(=C)[C@@H](C(=C)C)C1c1cccc(C(F)(F)F)c1. The minimum atomic E-state index is -4.35. The van der Waals surface area contributed by atoms with E-state index in [4.69, 9.17) is 0 Å². The van der Waals surface area contributed by atoms with Crippen LogP contribution in [0.15, 0.2) is 61.0 Å². The highest BCUT2D eigenvalue weighted by Gasteiger charge is 2.37. The van der Waals surface area contributed by atoms with Crippen molar-refractivity contribution in [3.63, 3.8) is 0 Å². The largest absolute Gasteiger partial charge is 0.416 e. The monoisotopic (exact) mass is 279 g/mol. The summed E-state index contributed by atoms with van der Waals surface area (Å²) < 4.78 is 38.4. The first-order chi connectivity index (χ1) is 9.21. The van der Waals surface area contributed by atoms with Gasteiger partial charge in [-0.05, 0) is 18.6 Å². The molecule has 1 aromatic carbocycles. The highest BCUT2D eigenvalue weighted by molar-refractivity contribution is 5.42. The molecule has 0 bridgehead atoms. The maximum atomic E-state index is 12.8. The second-order valence-corrected chi connectivity index (χ2v) is 5.10. The predicted octanol–water partition coefficient (Wildman–Crippen LogP) is 4.61. The fourth-order valence-electron chi connectivity index (χ4n) is 2.65. The maximum absolute atomic E-state index is 12.8. The summed E-state index contributed by atoms with van der Waals surface area (Å²) in [5.41, 5.74) is 2.15. The summed E-state index contributed by atoms with van der Waals surface area (Å²) in [5, 5.41) is 3.02. The molecule has 4 heteroatoms. The zero-order chi connectivity index (χ0) is 15.1. The third-order valence-corrected chi connectivity index (χ3v) is 3.51. The van der Waals surface area contributed by atoms with Gasteiger partial charge in [0, 0.05) is 23.2 Å². The zero-order valence-corrected chi connectivity index (χ0v) is 11.2. The van der Waals surface area contributed by atoms with Crippen molar-refractivity contribution in [1.29, 1.82) is 0 Å². The second kappa shape index (κ2) is 4.85. The van der Waals surface area contributed by atoms with Crippen molar-refractivity contribution >= 4 is 0 Å². The van der Waals surface area contributed by atoms with E-state index in [0.29, 0.717) is 11.3 Å². The topological polar surface area (TPSA) is 12.0 Å². The van der Waals surface area contributed by atoms with E-state index >= 15 is 0 Å². The second-order valence-electron chi connectivity index (χ2n) is 5.10. The maximum Gasteiger partial charge on any atom is 0.416 e. The lowest BCUT2D eigenvalue weighted by atomic mass is 9.82. The summed E-state index contributed by atoms with van der Waals surface area (Å²) in [6.07, 6.45) is -4.35. The molecule has 1 aliphatic heterocycles. The highest BCUT2D eigenvalue weighted by atomic mass is 19.4. The fourth-order valence-corrected chi connectivity index (χ4v) is 2.65. The molecule has 0 spiro atoms. The Bertz CT molecular complexity index is 584. The van der Waals surface area contributed by atoms with Gasteiger partial charge in [-0.2, -0.15) is 13.2 Å². The molecule has 1 aliphatic rings. The molecule has 0 aromatic heterocycles. The van der Waals surface area contributed by atoms with E-state index in [0.717, 1.165) is 17.3 Å². The van der Waals surface area contributed by atoms with E-state index in [1.54, 1.807) is 6.07 Å². The first kappa shape index (κ1) is 14.4. The molecule has 0 aliphatic carbocycles. The van der Waals surface area contributed by atoms with Gasteiger partial charge >= 0.3 is 6.18 Å². The van der Waals surface area contributed by atoms with Crippen molar-refractivity contribution in [2.45, 2.75) is 19.0 Å². The molecule has 1 heterocycles. The number of benzene rings is 1. The lowest BCUT2D eigenvalue weighted by Gasteiger charge is -2.20. The van der Waals surface area contributed by atoms with Crippen molar-refractivity contribution in [3.8, 4) is 0 Å². The lowest BCUT2D eigenvalue weighted by molar-refractivity contribution is -0.137. The third kappa shape index (κ3) is 2.50. The third-order valence-electron chi connectivity index (χ3n) is 3.51. The van der Waals surface area contributed by atoms with E-state index in [-0.39, 0.29) is 11.8 Å². The van der Waals surface area contributed by atoms with E-state index < -0.39 is 11.7 Å². The number of halogens is 3. The summed E-state index contributed by atoms with van der Waals surface area (Å²) in [7, 11) is 0. The molecule has 0 amide bonds. The van der Waals surface area contributed by atoms with Gasteiger partial charge < -0.3 is 5.32 Å². The molecule has 0 saturated carbocycles. The van der Waals surface area contributed by atoms with Crippen molar-refractivity contribution in [2.24, 2.45) is 5.92 Å². The Hall–Kier alpha value is -1.97. The number of nitrogens with one attached hydrogen (secondary N) is 1. The molecule has 0 radical (unpaired) electrons. The van der Waals surface area contributed by atoms with Crippen LogP contribution in [0.5, 0.6) is 0 Å². The number of allylic oxidation sites excluding steroid dienone is 2. The number of alkyl halides is 3. The Labute approximate surface area is 116 Å². The van der Waals surface area contributed by atoms with Gasteiger partial charge in [0.25, 0.3) is 0 Å². The molecular formula is C16H16F3N. The van der Waals surface area contributed by atoms with Crippen LogP contribution in [-0.4, -0.2) is 0 Å². The lowest BCUT2D eigenvalue weighted by Crippen LogP contribution is -2.11. The summed E-state index contributed by atoms with van der Waals surface area (Å²) >= 11 is 0. The highest BCUT2D eigenvalue weighted by Crippen LogP contribution is 2.43. The molecule has 20 heavy (non-hydrogen) atoms. The van der Waals surface area contributed by atoms with Gasteiger partial charge in [0.15, 0.2) is 0 Å². The Morgan fingerprint density at radius 1 is 1.20 bits per heavy atom. The van der Waals surface area contributed by atoms with Gasteiger partial charge in [0.2, 0.25) is 0 Å². The molecule has 1 nitrogen and oxygen atoms in total. The Morgan fingerprint density at radius 3 is 2.40 bits per heavy atom. The molecule has 1 unspecified atom stereocenters. The first-order valence-corrected chi connectivity index (χ1v) is 6.19. The average molecular weight is 279 g/mol. The quantitative estimate of drug-likeness (QED) is 0.779. The molecule has 106 valence electrons. The summed E-state index contributed by atoms with van der Waals surface area (Å²) in [5.74, 6) is -0.395. The number of hydrogen-bond acceptors (Lipinski definition) is 1. The van der Waals surface area contributed by atoms with E-state index in [2.05, 4.69) is 25.1 Å². The van der Waals surface area contributed by atoms with Crippen molar-refractivity contribution in [1.82, 2.24) is 5.32 Å². The van der Waals surface area contributed by atoms with Crippen LogP contribution in [0.25, 0.3) is 0 Å². The van der Waals surface area contributed by atoms with Crippen LogP contribution < -0.4 is 5.32 Å². The van der Waals surface area contributed by atoms with E-state index in [9.17, 15) is 13.2 Å². The first-order valence-electron chi connectivity index (χ1n) is 6.19. The van der Waals surface area contributed by atoms with Gasteiger partial charge in [-0.15, -0.1) is 0 Å². The average Bonchev–Trinajstić information content (AvgIpc) is 2.63. The van der Waals surface area contributed by atoms with Crippen molar-refractivity contribution in [2.75, 3.05) is 0 Å². The summed E-state index contributed by atoms with van der Waals surface area (Å²) in [6, 6.07) is 5.34. The van der Waals surface area contributed by atoms with Crippen LogP contribution >= 0.6 is 0 Å². The zero-order valence-electron chi connectivity index (χ0n) is 11.2. The Morgan fingerprint density at radius 2 is 1.85 bits per heavy atom. The van der Waals surface area contributed by atoms with Crippen molar-refractivity contribution < 1.29 is 13.2 Å². The van der Waals surface area contributed by atoms with Crippen LogP contribution in [0, 0.1) is 5.92 Å². The van der Waals surface area contributed by atoms with E-state index in [1.807, 2.05) is 6.92 Å². The Balaban J connectivity index is 2.47. The van der Waals surface area contributed by atoms with Gasteiger partial charge in [0.1, 0.15) is 0 Å². The van der Waals surface area contributed by atoms with Gasteiger partial charge in [0.05, 0.1) is 5.56 Å². The summed E-state index contributed by atoms with van der Waals surface area (Å²) in [4.78, 5) is 0. The fraction of sp³-hybridized carbons (Fsp3) is 0.250. The van der Waals surface area contributed by atoms with Gasteiger partial charge in [-0.25, -0.2) is 0 Å².